The number of nitrogens with one attached hydrogen (secondary N) is 1. The summed E-state index contributed by atoms with van der Waals surface area (Å²) in [6, 6.07) is 5.95. The van der Waals surface area contributed by atoms with Gasteiger partial charge in [0, 0.05) is 31.2 Å². The molecule has 25 heavy (non-hydrogen) atoms. The Balaban J connectivity index is 2.04. The van der Waals surface area contributed by atoms with Crippen molar-refractivity contribution in [1.82, 2.24) is 10.2 Å². The van der Waals surface area contributed by atoms with Gasteiger partial charge in [-0.1, -0.05) is 32.8 Å². The van der Waals surface area contributed by atoms with Crippen LogP contribution in [0, 0.1) is 12.8 Å². The Morgan fingerprint density at radius 1 is 1.28 bits per heavy atom. The van der Waals surface area contributed by atoms with Crippen molar-refractivity contribution in [3.63, 3.8) is 0 Å². The SMILES string of the molecule is CCC(CC)[C@@H](CNC(=O)c1ccc(C)c(OC)c1)N1CCOCC1. The van der Waals surface area contributed by atoms with Crippen molar-refractivity contribution in [2.24, 2.45) is 5.92 Å². The van der Waals surface area contributed by atoms with Crippen molar-refractivity contribution in [3.05, 3.63) is 29.3 Å². The number of methoxy groups -OCH3 is 1. The van der Waals surface area contributed by atoms with Crippen molar-refractivity contribution < 1.29 is 14.3 Å². The van der Waals surface area contributed by atoms with E-state index in [1.807, 2.05) is 25.1 Å². The van der Waals surface area contributed by atoms with E-state index in [-0.39, 0.29) is 5.91 Å². The van der Waals surface area contributed by atoms with E-state index >= 15 is 0 Å². The fourth-order valence-corrected chi connectivity index (χ4v) is 3.60. The van der Waals surface area contributed by atoms with Crippen molar-refractivity contribution >= 4 is 5.91 Å². The van der Waals surface area contributed by atoms with E-state index in [1.165, 1.54) is 0 Å². The monoisotopic (exact) mass is 348 g/mol. The van der Waals surface area contributed by atoms with E-state index in [4.69, 9.17) is 9.47 Å². The van der Waals surface area contributed by atoms with Crippen LogP contribution in [-0.4, -0.2) is 56.8 Å². The number of hydrogen-bond donors (Lipinski definition) is 1. The van der Waals surface area contributed by atoms with E-state index in [2.05, 4.69) is 24.1 Å². The molecule has 5 nitrogen and oxygen atoms in total. The molecule has 0 aromatic heterocycles. The topological polar surface area (TPSA) is 50.8 Å². The number of ether oxygens (including phenoxy) is 2. The fraction of sp³-hybridized carbons (Fsp3) is 0.650. The lowest BCUT2D eigenvalue weighted by molar-refractivity contribution is 0.00191. The molecule has 0 bridgehead atoms. The van der Waals surface area contributed by atoms with Crippen LogP contribution in [0.4, 0.5) is 0 Å². The second-order valence-electron chi connectivity index (χ2n) is 6.69. The van der Waals surface area contributed by atoms with E-state index in [0.29, 0.717) is 24.1 Å². The van der Waals surface area contributed by atoms with Gasteiger partial charge in [0.05, 0.1) is 20.3 Å². The second-order valence-corrected chi connectivity index (χ2v) is 6.69. The summed E-state index contributed by atoms with van der Waals surface area (Å²) in [6.45, 7) is 10.5. The molecule has 0 saturated carbocycles. The first kappa shape index (κ1) is 19.7. The molecule has 1 atom stereocenters. The van der Waals surface area contributed by atoms with Crippen LogP contribution in [0.2, 0.25) is 0 Å². The maximum absolute atomic E-state index is 12.6. The minimum absolute atomic E-state index is 0.0393. The maximum atomic E-state index is 12.6. The molecule has 1 aliphatic rings. The lowest BCUT2D eigenvalue weighted by Crippen LogP contribution is -2.52. The summed E-state index contributed by atoms with van der Waals surface area (Å²) < 4.78 is 10.8. The van der Waals surface area contributed by atoms with Gasteiger partial charge >= 0.3 is 0 Å². The lowest BCUT2D eigenvalue weighted by Gasteiger charge is -2.38. The highest BCUT2D eigenvalue weighted by Crippen LogP contribution is 2.21. The molecule has 5 heteroatoms. The van der Waals surface area contributed by atoms with E-state index < -0.39 is 0 Å². The standard InChI is InChI=1S/C20H32N2O3/c1-5-16(6-2)18(22-9-11-25-12-10-22)14-21-20(23)17-8-7-15(3)19(13-17)24-4/h7-8,13,16,18H,5-6,9-12,14H2,1-4H3,(H,21,23)/t18-/m1/s1. The predicted octanol–water partition coefficient (Wildman–Crippen LogP) is 2.87. The Kier molecular flexibility index (Phi) is 7.72. The van der Waals surface area contributed by atoms with Crippen LogP contribution in [0.25, 0.3) is 0 Å². The summed E-state index contributed by atoms with van der Waals surface area (Å²) >= 11 is 0. The van der Waals surface area contributed by atoms with E-state index in [9.17, 15) is 4.79 Å². The molecule has 140 valence electrons. The molecule has 0 unspecified atom stereocenters. The summed E-state index contributed by atoms with van der Waals surface area (Å²) in [5, 5.41) is 3.14. The largest absolute Gasteiger partial charge is 0.496 e. The van der Waals surface area contributed by atoms with Gasteiger partial charge in [-0.25, -0.2) is 0 Å². The Labute approximate surface area is 151 Å². The number of hydrogen-bond acceptors (Lipinski definition) is 4. The molecular formula is C20H32N2O3. The van der Waals surface area contributed by atoms with E-state index in [0.717, 1.165) is 50.5 Å². The molecule has 0 radical (unpaired) electrons. The first-order chi connectivity index (χ1) is 12.1. The van der Waals surface area contributed by atoms with Crippen molar-refractivity contribution in [3.8, 4) is 5.75 Å². The normalized spacial score (nSPS) is 16.7. The number of rotatable bonds is 8. The molecule has 0 spiro atoms. The van der Waals surface area contributed by atoms with Crippen LogP contribution in [-0.2, 0) is 4.74 Å². The Morgan fingerprint density at radius 3 is 2.56 bits per heavy atom. The summed E-state index contributed by atoms with van der Waals surface area (Å²) in [4.78, 5) is 15.1. The van der Waals surface area contributed by atoms with Crippen LogP contribution in [0.1, 0.15) is 42.6 Å². The minimum atomic E-state index is -0.0393. The van der Waals surface area contributed by atoms with Crippen LogP contribution in [0.15, 0.2) is 18.2 Å². The minimum Gasteiger partial charge on any atom is -0.496 e. The number of nitrogens with zero attached hydrogens (tertiary/aromatic N) is 1. The first-order valence-corrected chi connectivity index (χ1v) is 9.35. The predicted molar refractivity (Wildman–Crippen MR) is 100 cm³/mol. The Morgan fingerprint density at radius 2 is 1.96 bits per heavy atom. The third-order valence-corrected chi connectivity index (χ3v) is 5.25. The molecule has 1 amide bonds. The summed E-state index contributed by atoms with van der Waals surface area (Å²) in [6.07, 6.45) is 2.24. The molecule has 1 fully saturated rings. The summed E-state index contributed by atoms with van der Waals surface area (Å²) in [5.41, 5.74) is 1.68. The summed E-state index contributed by atoms with van der Waals surface area (Å²) in [5.74, 6) is 1.28. The third kappa shape index (κ3) is 5.19. The van der Waals surface area contributed by atoms with Gasteiger partial charge in [-0.3, -0.25) is 9.69 Å². The van der Waals surface area contributed by atoms with Crippen molar-refractivity contribution in [2.75, 3.05) is 40.0 Å². The average Bonchev–Trinajstić information content (AvgIpc) is 2.66. The molecule has 0 aliphatic carbocycles. The van der Waals surface area contributed by atoms with Crippen molar-refractivity contribution in [2.45, 2.75) is 39.7 Å². The highest BCUT2D eigenvalue weighted by Gasteiger charge is 2.27. The van der Waals surface area contributed by atoms with Gasteiger partial charge in [0.15, 0.2) is 0 Å². The highest BCUT2D eigenvalue weighted by molar-refractivity contribution is 5.94. The lowest BCUT2D eigenvalue weighted by atomic mass is 9.92. The molecule has 1 aromatic rings. The van der Waals surface area contributed by atoms with E-state index in [1.54, 1.807) is 7.11 Å². The molecule has 1 heterocycles. The molecular weight excluding hydrogens is 316 g/mol. The van der Waals surface area contributed by atoms with Gasteiger partial charge in [0.1, 0.15) is 5.75 Å². The number of aryl methyl sites for hydroxylation is 1. The van der Waals surface area contributed by atoms with Gasteiger partial charge in [-0.05, 0) is 30.5 Å². The number of amides is 1. The van der Waals surface area contributed by atoms with Crippen LogP contribution >= 0.6 is 0 Å². The quantitative estimate of drug-likeness (QED) is 0.785. The number of carbonyl (C=O) groups is 1. The van der Waals surface area contributed by atoms with Gasteiger partial charge in [0.2, 0.25) is 0 Å². The highest BCUT2D eigenvalue weighted by atomic mass is 16.5. The number of morpholine rings is 1. The molecule has 2 rings (SSSR count). The van der Waals surface area contributed by atoms with Crippen molar-refractivity contribution in [1.29, 1.82) is 0 Å². The van der Waals surface area contributed by atoms with Gasteiger partial charge in [-0.15, -0.1) is 0 Å². The van der Waals surface area contributed by atoms with Crippen LogP contribution in [0.5, 0.6) is 5.75 Å². The Hall–Kier alpha value is -1.59. The zero-order valence-electron chi connectivity index (χ0n) is 16.0. The zero-order valence-corrected chi connectivity index (χ0v) is 16.0. The van der Waals surface area contributed by atoms with Gasteiger partial charge < -0.3 is 14.8 Å². The molecule has 1 aromatic carbocycles. The summed E-state index contributed by atoms with van der Waals surface area (Å²) in [7, 11) is 1.63. The molecule has 1 N–H and O–H groups in total. The smallest absolute Gasteiger partial charge is 0.251 e. The van der Waals surface area contributed by atoms with Gasteiger partial charge in [-0.2, -0.15) is 0 Å². The van der Waals surface area contributed by atoms with Crippen LogP contribution < -0.4 is 10.1 Å². The fourth-order valence-electron chi connectivity index (χ4n) is 3.60. The average molecular weight is 348 g/mol. The number of carbonyl (C=O) groups excluding carboxylic acids is 1. The van der Waals surface area contributed by atoms with Gasteiger partial charge in [0.25, 0.3) is 5.91 Å². The molecule has 1 aliphatic heterocycles. The first-order valence-electron chi connectivity index (χ1n) is 9.35. The Bertz CT molecular complexity index is 552. The molecule has 1 saturated heterocycles. The van der Waals surface area contributed by atoms with Crippen LogP contribution in [0.3, 0.4) is 0 Å². The third-order valence-electron chi connectivity index (χ3n) is 5.25. The number of benzene rings is 1. The second kappa shape index (κ2) is 9.78. The maximum Gasteiger partial charge on any atom is 0.251 e. The zero-order chi connectivity index (χ0) is 18.2.